The quantitative estimate of drug-likeness (QED) is 0.363. The second-order valence-electron chi connectivity index (χ2n) is 3.81. The first-order valence-corrected chi connectivity index (χ1v) is 6.66. The first-order chi connectivity index (χ1) is 9.97. The molecule has 0 aromatic carbocycles. The number of carboxylic acid groups (broad SMARTS) is 2. The van der Waals surface area contributed by atoms with Crippen LogP contribution in [0, 0.1) is 0 Å². The molecular weight excluding hydrogens is 286 g/mol. The summed E-state index contributed by atoms with van der Waals surface area (Å²) in [6.45, 7) is 3.08. The van der Waals surface area contributed by atoms with Crippen molar-refractivity contribution in [2.24, 2.45) is 0 Å². The Hall–Kier alpha value is -1.26. The Kier molecular flexibility index (Phi) is 17.6. The van der Waals surface area contributed by atoms with Gasteiger partial charge in [-0.05, 0) is 6.42 Å². The van der Waals surface area contributed by atoms with E-state index in [0.717, 1.165) is 12.8 Å². The van der Waals surface area contributed by atoms with Crippen LogP contribution in [-0.4, -0.2) is 70.6 Å². The molecule has 0 aliphatic heterocycles. The minimum Gasteiger partial charge on any atom is -0.481 e. The number of aliphatic hydroxyl groups excluding tert-OH is 2. The summed E-state index contributed by atoms with van der Waals surface area (Å²) in [5.74, 6) is -2.15. The van der Waals surface area contributed by atoms with Gasteiger partial charge in [0.05, 0.1) is 45.8 Å². The van der Waals surface area contributed by atoms with Crippen LogP contribution in [0.1, 0.15) is 32.6 Å². The largest absolute Gasteiger partial charge is 0.481 e. The number of carboxylic acids is 2. The molecule has 0 heterocycles. The van der Waals surface area contributed by atoms with Gasteiger partial charge in [-0.2, -0.15) is 0 Å². The molecule has 0 saturated carbocycles. The van der Waals surface area contributed by atoms with Gasteiger partial charge in [-0.25, -0.2) is 0 Å². The number of unbranched alkanes of at least 4 members (excludes halogenated alkanes) is 1. The number of hydrogen-bond acceptors (Lipinski definition) is 7. The maximum Gasteiger partial charge on any atom is 0.303 e. The summed E-state index contributed by atoms with van der Waals surface area (Å²) in [6, 6.07) is 0. The van der Waals surface area contributed by atoms with Crippen LogP contribution in [0.3, 0.4) is 0 Å². The van der Waals surface area contributed by atoms with Gasteiger partial charge < -0.3 is 20.4 Å². The smallest absolute Gasteiger partial charge is 0.303 e. The van der Waals surface area contributed by atoms with Crippen LogP contribution < -0.4 is 0 Å². The molecule has 0 aromatic heterocycles. The molecule has 126 valence electrons. The molecule has 0 spiro atoms. The molecule has 0 unspecified atom stereocenters. The van der Waals surface area contributed by atoms with E-state index in [1.165, 1.54) is 5.23 Å². The number of hydrogen-bond donors (Lipinski definition) is 4. The molecular formula is C12H25NO8. The third kappa shape index (κ3) is 21.2. The van der Waals surface area contributed by atoms with E-state index < -0.39 is 11.9 Å². The van der Waals surface area contributed by atoms with Crippen molar-refractivity contribution in [3.8, 4) is 0 Å². The van der Waals surface area contributed by atoms with Gasteiger partial charge in [-0.1, -0.05) is 18.6 Å². The van der Waals surface area contributed by atoms with Crippen molar-refractivity contribution in [3.05, 3.63) is 0 Å². The Morgan fingerprint density at radius 2 is 1.38 bits per heavy atom. The monoisotopic (exact) mass is 311 g/mol. The highest BCUT2D eigenvalue weighted by molar-refractivity contribution is 5.75. The minimum absolute atomic E-state index is 0.0366. The zero-order valence-electron chi connectivity index (χ0n) is 12.2. The molecule has 0 saturated heterocycles. The Balaban J connectivity index is 0. The number of nitrogens with zero attached hydrogens (tertiary/aromatic N) is 1. The number of aliphatic hydroxyl groups is 2. The van der Waals surface area contributed by atoms with Crippen molar-refractivity contribution in [3.63, 3.8) is 0 Å². The molecule has 21 heavy (non-hydrogen) atoms. The Labute approximate surface area is 123 Å². The number of rotatable bonds is 12. The summed E-state index contributed by atoms with van der Waals surface area (Å²) in [7, 11) is 0. The molecule has 4 N–H and O–H groups in total. The van der Waals surface area contributed by atoms with Crippen molar-refractivity contribution in [1.82, 2.24) is 5.23 Å². The highest BCUT2D eigenvalue weighted by Gasteiger charge is 2.04. The first kappa shape index (κ1) is 22.0. The van der Waals surface area contributed by atoms with E-state index in [1.54, 1.807) is 0 Å². The normalized spacial score (nSPS) is 10.1. The minimum atomic E-state index is -1.08. The predicted molar refractivity (Wildman–Crippen MR) is 72.2 cm³/mol. The van der Waals surface area contributed by atoms with Gasteiger partial charge in [0.25, 0.3) is 0 Å². The van der Waals surface area contributed by atoms with Gasteiger partial charge in [0.2, 0.25) is 0 Å². The number of aliphatic carboxylic acids is 2. The fraction of sp³-hybridized carbons (Fsp3) is 0.833. The van der Waals surface area contributed by atoms with Crippen LogP contribution in [-0.2, 0) is 19.3 Å². The molecule has 0 amide bonds. The molecule has 9 heteroatoms. The summed E-state index contributed by atoms with van der Waals surface area (Å²) < 4.78 is 0. The lowest BCUT2D eigenvalue weighted by atomic mass is 10.3. The van der Waals surface area contributed by atoms with Crippen molar-refractivity contribution >= 4 is 11.9 Å². The van der Waals surface area contributed by atoms with E-state index in [2.05, 4.69) is 6.92 Å². The lowest BCUT2D eigenvalue weighted by Crippen LogP contribution is -2.28. The lowest BCUT2D eigenvalue weighted by Gasteiger charge is -2.19. The highest BCUT2D eigenvalue weighted by Crippen LogP contribution is 1.97. The molecule has 9 nitrogen and oxygen atoms in total. The zero-order chi connectivity index (χ0) is 16.5. The molecule has 0 rings (SSSR count). The molecule has 0 atom stereocenters. The predicted octanol–water partition coefficient (Wildman–Crippen LogP) is -0.128. The molecule has 0 radical (unpaired) electrons. The van der Waals surface area contributed by atoms with Gasteiger partial charge in [-0.15, -0.1) is 0 Å². The van der Waals surface area contributed by atoms with Gasteiger partial charge >= 0.3 is 11.9 Å². The molecule has 0 aliphatic carbocycles. The second-order valence-corrected chi connectivity index (χ2v) is 3.81. The van der Waals surface area contributed by atoms with Crippen LogP contribution in [0.15, 0.2) is 0 Å². The van der Waals surface area contributed by atoms with Crippen molar-refractivity contribution in [1.29, 1.82) is 0 Å². The van der Waals surface area contributed by atoms with Gasteiger partial charge in [0.15, 0.2) is 0 Å². The van der Waals surface area contributed by atoms with E-state index in [4.69, 9.17) is 30.1 Å². The third-order valence-corrected chi connectivity index (χ3v) is 1.90. The van der Waals surface area contributed by atoms with Gasteiger partial charge in [0, 0.05) is 0 Å². The van der Waals surface area contributed by atoms with Gasteiger partial charge in [0.1, 0.15) is 0 Å². The van der Waals surface area contributed by atoms with E-state index in [0.29, 0.717) is 6.54 Å². The fourth-order valence-electron chi connectivity index (χ4n) is 0.953. The average molecular weight is 311 g/mol. The maximum absolute atomic E-state index is 9.64. The highest BCUT2D eigenvalue weighted by atomic mass is 16.9. The standard InChI is InChI=1S/C8H19NO4.C4H6O4/c1-2-3-4-9(12-7-5-10)13-8-6-11;5-3(6)1-2-4(7)8/h10-11H,2-8H2,1H3;1-2H2,(H,5,6)(H,7,8). The molecule has 0 aliphatic rings. The number of hydroxylamine groups is 2. The summed E-state index contributed by atoms with van der Waals surface area (Å²) >= 11 is 0. The van der Waals surface area contributed by atoms with E-state index in [1.807, 2.05) is 0 Å². The topological polar surface area (TPSA) is 137 Å². The van der Waals surface area contributed by atoms with Gasteiger partial charge in [-0.3, -0.25) is 19.3 Å². The first-order valence-electron chi connectivity index (χ1n) is 6.66. The molecule has 0 aromatic rings. The average Bonchev–Trinajstić information content (AvgIpc) is 2.45. The van der Waals surface area contributed by atoms with E-state index >= 15 is 0 Å². The second kappa shape index (κ2) is 16.8. The Bertz CT molecular complexity index is 229. The summed E-state index contributed by atoms with van der Waals surface area (Å²) in [5, 5.41) is 34.1. The van der Waals surface area contributed by atoms with Crippen LogP contribution >= 0.6 is 0 Å². The fourth-order valence-corrected chi connectivity index (χ4v) is 0.953. The van der Waals surface area contributed by atoms with Crippen LogP contribution in [0.5, 0.6) is 0 Å². The summed E-state index contributed by atoms with van der Waals surface area (Å²) in [6.07, 6.45) is 1.41. The number of carbonyl (C=O) groups is 2. The van der Waals surface area contributed by atoms with Crippen LogP contribution in [0.4, 0.5) is 0 Å². The van der Waals surface area contributed by atoms with Crippen molar-refractivity contribution < 1.29 is 39.7 Å². The lowest BCUT2D eigenvalue weighted by molar-refractivity contribution is -0.371. The Morgan fingerprint density at radius 3 is 1.67 bits per heavy atom. The van der Waals surface area contributed by atoms with Crippen molar-refractivity contribution in [2.45, 2.75) is 32.6 Å². The van der Waals surface area contributed by atoms with Crippen molar-refractivity contribution in [2.75, 3.05) is 33.0 Å². The van der Waals surface area contributed by atoms with E-state index in [-0.39, 0.29) is 39.3 Å². The summed E-state index contributed by atoms with van der Waals surface area (Å²) in [4.78, 5) is 29.4. The maximum atomic E-state index is 9.64. The summed E-state index contributed by atoms with van der Waals surface area (Å²) in [5.41, 5.74) is 0. The molecule has 0 fully saturated rings. The van der Waals surface area contributed by atoms with Crippen LogP contribution in [0.25, 0.3) is 0 Å². The van der Waals surface area contributed by atoms with E-state index in [9.17, 15) is 9.59 Å². The van der Waals surface area contributed by atoms with Crippen LogP contribution in [0.2, 0.25) is 0 Å². The third-order valence-electron chi connectivity index (χ3n) is 1.90. The SMILES string of the molecule is CCCCN(OCCO)OCCO.O=C(O)CCC(=O)O. The molecule has 0 bridgehead atoms. The Morgan fingerprint density at radius 1 is 0.952 bits per heavy atom. The zero-order valence-corrected chi connectivity index (χ0v) is 12.2.